The maximum Gasteiger partial charge on any atom is 4.00 e. The van der Waals surface area contributed by atoms with Crippen LogP contribution < -0.4 is 24.3 Å². The zero-order valence-corrected chi connectivity index (χ0v) is 73.3. The predicted octanol–water partition coefficient (Wildman–Crippen LogP) is 29.5. The largest absolute Gasteiger partial charge is 4.00 e. The molecular formula is C102H122N4OPt. The first-order valence-corrected chi connectivity index (χ1v) is 39.1. The average Bonchev–Trinajstić information content (AvgIpc) is 1.47. The molecule has 2 heterocycles. The monoisotopic (exact) mass is 1610 g/mol. The minimum atomic E-state index is -0.173. The summed E-state index contributed by atoms with van der Waals surface area (Å²) in [5, 5.41) is 0. The van der Waals surface area contributed by atoms with E-state index in [9.17, 15) is 0 Å². The molecule has 0 saturated carbocycles. The normalized spacial score (nSPS) is 14.2. The van der Waals surface area contributed by atoms with Gasteiger partial charge in [-0.3, -0.25) is 0 Å². The van der Waals surface area contributed by atoms with E-state index in [2.05, 4.69) is 423 Å². The number of hydrogen-bond donors (Lipinski definition) is 0. The van der Waals surface area contributed by atoms with Crippen molar-refractivity contribution in [3.63, 3.8) is 0 Å². The molecule has 566 valence electrons. The van der Waals surface area contributed by atoms with Gasteiger partial charge < -0.3 is 24.3 Å². The van der Waals surface area contributed by atoms with E-state index in [1.807, 2.05) is 12.1 Å². The Morgan fingerprint density at radius 3 is 0.630 bits per heavy atom. The summed E-state index contributed by atoms with van der Waals surface area (Å²) in [5.74, 6) is 1.16. The van der Waals surface area contributed by atoms with Crippen molar-refractivity contribution in [2.45, 2.75) is 262 Å². The van der Waals surface area contributed by atoms with Gasteiger partial charge in [-0.1, -0.05) is 305 Å². The van der Waals surface area contributed by atoms with Crippen molar-refractivity contribution >= 4 is 45.5 Å². The second-order valence-electron chi connectivity index (χ2n) is 41.1. The summed E-state index contributed by atoms with van der Waals surface area (Å²) in [4.78, 5) is 9.51. The Morgan fingerprint density at radius 1 is 0.231 bits per heavy atom. The maximum atomic E-state index is 7.06. The van der Waals surface area contributed by atoms with Gasteiger partial charge in [0.25, 0.3) is 0 Å². The topological polar surface area (TPSA) is 22.2 Å². The third kappa shape index (κ3) is 16.8. The van der Waals surface area contributed by atoms with E-state index < -0.39 is 0 Å². The molecule has 0 saturated heterocycles. The minimum absolute atomic E-state index is 0. The number of anilines is 8. The first-order valence-electron chi connectivity index (χ1n) is 39.1. The van der Waals surface area contributed by atoms with E-state index in [1.165, 1.54) is 100 Å². The standard InChI is InChI=1S/C102H122N4O.Pt/c1-93(2,3)69-45-65(46-70(53-69)94(4,5)6)83-57-77(101(25,26)27)58-84(66-47-71(95(7,8)9)54-72(48-66)96(10,11)12)91(83)105-63-103(87-41-31-33-43-89(87)105)79-37-35-39-81(61-79)107-82-40-36-38-80(62-82)104-64-106(90-44-34-32-42-88(90)104)92-85(67-49-73(97(13,14)15)55-74(50-67)98(16,17)18)59-78(102(28,29)30)60-86(92)68-51-75(99(19,20)21)56-76(52-68)100(22,23)24;/h31-60,63-64H,1-30H3;/q-4;+4. The summed E-state index contributed by atoms with van der Waals surface area (Å²) in [6.45, 7) is 74.9. The number of fused-ring (bicyclic) bond motifs is 2. The summed E-state index contributed by atoms with van der Waals surface area (Å²) >= 11 is 0. The average molecular weight is 1620 g/mol. The van der Waals surface area contributed by atoms with E-state index in [0.717, 1.165) is 45.5 Å². The van der Waals surface area contributed by atoms with Crippen molar-refractivity contribution in [2.24, 2.45) is 0 Å². The molecule has 0 radical (unpaired) electrons. The molecule has 10 aromatic rings. The molecule has 0 N–H and O–H groups in total. The molecule has 2 aliphatic rings. The SMILES string of the molecule is CC(C)(C)c1cc(-c2cc(C(C)(C)C)cc(-c3cc(C(C)(C)C)cc(C(C)(C)C)c3)c2N2[CH-]N(c3[c-]c(Oc4[c-]c(N5[CH-]N(c6c(-c7cc(C(C)(C)C)cc(C(C)(C)C)c7)cc(C(C)(C)C)cc6-c6cc(C(C)(C)C)cc(C(C)(C)C)c6)c6ccccc65)ccc4)ccc3)c3ccccc32)cc(C(C)(C)C)c1.[Pt+4]. The predicted molar refractivity (Wildman–Crippen MR) is 462 cm³/mol. The van der Waals surface area contributed by atoms with Crippen LogP contribution in [0.25, 0.3) is 44.5 Å². The Kier molecular flexibility index (Phi) is 21.2. The quantitative estimate of drug-likeness (QED) is 0.127. The van der Waals surface area contributed by atoms with Gasteiger partial charge in [-0.05, 0) is 181 Å². The van der Waals surface area contributed by atoms with Crippen molar-refractivity contribution in [3.05, 3.63) is 263 Å². The van der Waals surface area contributed by atoms with Crippen LogP contribution in [0.2, 0.25) is 0 Å². The van der Waals surface area contributed by atoms with Crippen molar-refractivity contribution in [2.75, 3.05) is 19.6 Å². The molecule has 6 heteroatoms. The fraction of sp³-hybridized carbons (Fsp3) is 0.392. The smallest absolute Gasteiger partial charge is 0.509 e. The zero-order chi connectivity index (χ0) is 78.2. The first-order chi connectivity index (χ1) is 49.3. The van der Waals surface area contributed by atoms with Crippen molar-refractivity contribution < 1.29 is 25.8 Å². The van der Waals surface area contributed by atoms with Crippen molar-refractivity contribution in [3.8, 4) is 56.0 Å². The number of nitrogens with zero attached hydrogens (tertiary/aromatic N) is 4. The van der Waals surface area contributed by atoms with Crippen molar-refractivity contribution in [1.82, 2.24) is 0 Å². The molecule has 108 heavy (non-hydrogen) atoms. The van der Waals surface area contributed by atoms with Crippen LogP contribution in [0.15, 0.2) is 182 Å². The van der Waals surface area contributed by atoms with E-state index in [-0.39, 0.29) is 75.2 Å². The van der Waals surface area contributed by atoms with Crippen LogP contribution in [0.1, 0.15) is 263 Å². The Morgan fingerprint density at radius 2 is 0.426 bits per heavy atom. The molecule has 0 atom stereocenters. The maximum absolute atomic E-state index is 7.06. The summed E-state index contributed by atoms with van der Waals surface area (Å²) in [5.41, 5.74) is 29.7. The van der Waals surface area contributed by atoms with Gasteiger partial charge >= 0.3 is 21.1 Å². The Balaban J connectivity index is 0.0000116. The van der Waals surface area contributed by atoms with Crippen LogP contribution in [0, 0.1) is 25.5 Å². The van der Waals surface area contributed by atoms with Gasteiger partial charge in [-0.2, -0.15) is 12.1 Å². The molecule has 0 spiro atoms. The second-order valence-corrected chi connectivity index (χ2v) is 41.1. The second kappa shape index (κ2) is 28.3. The molecule has 2 aliphatic heterocycles. The number of hydrogen-bond acceptors (Lipinski definition) is 5. The Bertz CT molecular complexity index is 4390. The van der Waals surface area contributed by atoms with Gasteiger partial charge in [-0.25, -0.2) is 0 Å². The minimum Gasteiger partial charge on any atom is -0.509 e. The molecule has 12 rings (SSSR count). The summed E-state index contributed by atoms with van der Waals surface area (Å²) in [6, 6.07) is 77.3. The molecule has 0 bridgehead atoms. The van der Waals surface area contributed by atoms with Crippen molar-refractivity contribution in [1.29, 1.82) is 0 Å². The molecule has 0 aromatic heterocycles. The summed E-state index contributed by atoms with van der Waals surface area (Å²) < 4.78 is 7.06. The molecule has 0 amide bonds. The summed E-state index contributed by atoms with van der Waals surface area (Å²) in [6.07, 6.45) is 0. The van der Waals surface area contributed by atoms with Crippen LogP contribution in [0.4, 0.5) is 45.5 Å². The van der Waals surface area contributed by atoms with E-state index in [1.54, 1.807) is 0 Å². The van der Waals surface area contributed by atoms with Gasteiger partial charge in [-0.15, -0.1) is 61.1 Å². The molecule has 10 aromatic carbocycles. The van der Waals surface area contributed by atoms with Gasteiger partial charge in [0.15, 0.2) is 0 Å². The Labute approximate surface area is 667 Å². The number of ether oxygens (including phenoxy) is 1. The number of rotatable bonds is 10. The summed E-state index contributed by atoms with van der Waals surface area (Å²) in [7, 11) is 0. The molecule has 0 unspecified atom stereocenters. The van der Waals surface area contributed by atoms with E-state index in [4.69, 9.17) is 4.74 Å². The van der Waals surface area contributed by atoms with Gasteiger partial charge in [0.2, 0.25) is 0 Å². The molecule has 5 nitrogen and oxygen atoms in total. The van der Waals surface area contributed by atoms with Crippen LogP contribution in [-0.4, -0.2) is 0 Å². The van der Waals surface area contributed by atoms with Crippen LogP contribution >= 0.6 is 0 Å². The third-order valence-corrected chi connectivity index (χ3v) is 21.8. The van der Waals surface area contributed by atoms with Crippen LogP contribution in [0.5, 0.6) is 11.5 Å². The van der Waals surface area contributed by atoms with Crippen LogP contribution in [-0.2, 0) is 75.2 Å². The van der Waals surface area contributed by atoms with Gasteiger partial charge in [0.1, 0.15) is 0 Å². The third-order valence-electron chi connectivity index (χ3n) is 21.8. The van der Waals surface area contributed by atoms with Gasteiger partial charge in [0, 0.05) is 67.9 Å². The number of benzene rings is 10. The van der Waals surface area contributed by atoms with E-state index in [0.29, 0.717) is 11.5 Å². The van der Waals surface area contributed by atoms with E-state index >= 15 is 0 Å². The molecule has 0 aliphatic carbocycles. The fourth-order valence-corrected chi connectivity index (χ4v) is 14.5. The van der Waals surface area contributed by atoms with Crippen LogP contribution in [0.3, 0.4) is 0 Å². The van der Waals surface area contributed by atoms with Gasteiger partial charge in [0.05, 0.1) is 0 Å². The Hall–Kier alpha value is -8.11. The molecule has 0 fully saturated rings. The number of para-hydroxylation sites is 4. The molecular weight excluding hydrogens is 1490 g/mol. The zero-order valence-electron chi connectivity index (χ0n) is 71.0. The first kappa shape index (κ1) is 80.9. The fourth-order valence-electron chi connectivity index (χ4n) is 14.5.